The number of anilines is 1. The van der Waals surface area contributed by atoms with Crippen LogP contribution in [0.15, 0.2) is 18.2 Å². The van der Waals surface area contributed by atoms with Gasteiger partial charge in [-0.05, 0) is 30.5 Å². The van der Waals surface area contributed by atoms with Gasteiger partial charge in [0, 0.05) is 36.4 Å². The van der Waals surface area contributed by atoms with Crippen molar-refractivity contribution in [2.75, 3.05) is 25.0 Å². The van der Waals surface area contributed by atoms with Crippen molar-refractivity contribution < 1.29 is 5.11 Å². The lowest BCUT2D eigenvalue weighted by Gasteiger charge is -2.35. The van der Waals surface area contributed by atoms with Crippen LogP contribution in [-0.4, -0.2) is 42.2 Å². The minimum absolute atomic E-state index is 0.128. The fourth-order valence-electron chi connectivity index (χ4n) is 3.62. The van der Waals surface area contributed by atoms with Gasteiger partial charge in [0.1, 0.15) is 0 Å². The second kappa shape index (κ2) is 4.74. The molecule has 0 radical (unpaired) electrons. The van der Waals surface area contributed by atoms with E-state index in [-0.39, 0.29) is 12.0 Å². The smallest absolute Gasteiger partial charge is 0.0702 e. The Balaban J connectivity index is 1.91. The Morgan fingerprint density at radius 3 is 2.45 bits per heavy atom. The minimum Gasteiger partial charge on any atom is -0.392 e. The number of benzene rings is 1. The third-order valence-electron chi connectivity index (χ3n) is 4.94. The summed E-state index contributed by atoms with van der Waals surface area (Å²) in [6.07, 6.45) is 1.27. The molecule has 2 fully saturated rings. The maximum Gasteiger partial charge on any atom is 0.0702 e. The van der Waals surface area contributed by atoms with Crippen molar-refractivity contribution >= 4 is 5.69 Å². The number of nitrogens with zero attached hydrogens (tertiary/aromatic N) is 2. The first-order valence-corrected chi connectivity index (χ1v) is 7.61. The summed E-state index contributed by atoms with van der Waals surface area (Å²) in [6, 6.07) is 7.94. The molecule has 2 atom stereocenters. The van der Waals surface area contributed by atoms with Crippen LogP contribution in [0, 0.1) is 0 Å². The highest BCUT2D eigenvalue weighted by Crippen LogP contribution is 2.37. The lowest BCUT2D eigenvalue weighted by atomic mass is 9.86. The maximum absolute atomic E-state index is 9.75. The first-order chi connectivity index (χ1) is 9.40. The first kappa shape index (κ1) is 13.9. The Labute approximate surface area is 122 Å². The summed E-state index contributed by atoms with van der Waals surface area (Å²) in [5.74, 6) is 0. The topological polar surface area (TPSA) is 26.7 Å². The minimum atomic E-state index is 0.128. The molecule has 0 aliphatic carbocycles. The van der Waals surface area contributed by atoms with E-state index in [0.717, 1.165) is 18.7 Å². The summed E-state index contributed by atoms with van der Waals surface area (Å²) < 4.78 is 0. The Bertz CT molecular complexity index is 504. The van der Waals surface area contributed by atoms with Gasteiger partial charge in [0.15, 0.2) is 0 Å². The molecule has 0 amide bonds. The van der Waals surface area contributed by atoms with E-state index < -0.39 is 0 Å². The predicted molar refractivity (Wildman–Crippen MR) is 83.2 cm³/mol. The fraction of sp³-hybridized carbons (Fsp3) is 0.647. The molecule has 0 unspecified atom stereocenters. The van der Waals surface area contributed by atoms with Crippen LogP contribution < -0.4 is 4.90 Å². The van der Waals surface area contributed by atoms with Gasteiger partial charge in [0.05, 0.1) is 6.61 Å². The summed E-state index contributed by atoms with van der Waals surface area (Å²) in [4.78, 5) is 4.96. The number of aliphatic hydroxyl groups is 1. The van der Waals surface area contributed by atoms with Crippen molar-refractivity contribution in [2.24, 2.45) is 0 Å². The van der Waals surface area contributed by atoms with Gasteiger partial charge in [-0.15, -0.1) is 0 Å². The van der Waals surface area contributed by atoms with Crippen molar-refractivity contribution in [2.45, 2.75) is 51.3 Å². The second-order valence-electron chi connectivity index (χ2n) is 7.39. The highest BCUT2D eigenvalue weighted by molar-refractivity contribution is 5.58. The van der Waals surface area contributed by atoms with Gasteiger partial charge in [0.25, 0.3) is 0 Å². The molecule has 2 heterocycles. The Morgan fingerprint density at radius 1 is 1.20 bits per heavy atom. The average molecular weight is 274 g/mol. The van der Waals surface area contributed by atoms with Crippen molar-refractivity contribution in [1.82, 2.24) is 4.90 Å². The number of hydrogen-bond donors (Lipinski definition) is 1. The van der Waals surface area contributed by atoms with Gasteiger partial charge in [-0.2, -0.15) is 0 Å². The third kappa shape index (κ3) is 2.23. The zero-order valence-electron chi connectivity index (χ0n) is 13.1. The number of fused-ring (bicyclic) bond motifs is 2. The first-order valence-electron chi connectivity index (χ1n) is 7.61. The number of piperazine rings is 1. The summed E-state index contributed by atoms with van der Waals surface area (Å²) in [5.41, 5.74) is 3.74. The highest BCUT2D eigenvalue weighted by Gasteiger charge is 2.41. The predicted octanol–water partition coefficient (Wildman–Crippen LogP) is 2.37. The van der Waals surface area contributed by atoms with E-state index in [1.807, 2.05) is 0 Å². The van der Waals surface area contributed by atoms with Gasteiger partial charge in [-0.1, -0.05) is 32.9 Å². The van der Waals surface area contributed by atoms with Gasteiger partial charge >= 0.3 is 0 Å². The quantitative estimate of drug-likeness (QED) is 0.897. The molecule has 0 aromatic heterocycles. The molecular formula is C17H26N2O. The zero-order chi connectivity index (χ0) is 14.5. The Morgan fingerprint density at radius 2 is 1.95 bits per heavy atom. The third-order valence-corrected chi connectivity index (χ3v) is 4.94. The molecule has 3 nitrogen and oxygen atoms in total. The van der Waals surface area contributed by atoms with Crippen molar-refractivity contribution in [3.05, 3.63) is 29.3 Å². The summed E-state index contributed by atoms with van der Waals surface area (Å²) in [6.45, 7) is 9.03. The molecule has 20 heavy (non-hydrogen) atoms. The molecule has 2 saturated heterocycles. The van der Waals surface area contributed by atoms with Crippen LogP contribution in [0.2, 0.25) is 0 Å². The van der Waals surface area contributed by atoms with Gasteiger partial charge < -0.3 is 10.0 Å². The lowest BCUT2D eigenvalue weighted by Crippen LogP contribution is -2.44. The Kier molecular flexibility index (Phi) is 3.30. The van der Waals surface area contributed by atoms with E-state index in [0.29, 0.717) is 12.1 Å². The van der Waals surface area contributed by atoms with E-state index in [1.165, 1.54) is 17.7 Å². The molecule has 1 aromatic rings. The van der Waals surface area contributed by atoms with Crippen LogP contribution in [0.1, 0.15) is 38.3 Å². The van der Waals surface area contributed by atoms with Crippen LogP contribution in [0.3, 0.4) is 0 Å². The van der Waals surface area contributed by atoms with E-state index in [9.17, 15) is 5.11 Å². The zero-order valence-corrected chi connectivity index (χ0v) is 13.1. The van der Waals surface area contributed by atoms with E-state index in [4.69, 9.17) is 0 Å². The highest BCUT2D eigenvalue weighted by atomic mass is 16.3. The summed E-state index contributed by atoms with van der Waals surface area (Å²) in [5, 5.41) is 9.75. The molecule has 3 heteroatoms. The molecular weight excluding hydrogens is 248 g/mol. The van der Waals surface area contributed by atoms with E-state index in [2.05, 4.69) is 55.8 Å². The van der Waals surface area contributed by atoms with Crippen molar-refractivity contribution in [3.8, 4) is 0 Å². The molecule has 3 rings (SSSR count). The maximum atomic E-state index is 9.75. The van der Waals surface area contributed by atoms with Gasteiger partial charge in [-0.3, -0.25) is 4.90 Å². The second-order valence-corrected chi connectivity index (χ2v) is 7.39. The van der Waals surface area contributed by atoms with Crippen molar-refractivity contribution in [1.29, 1.82) is 0 Å². The molecule has 0 saturated carbocycles. The molecule has 1 aromatic carbocycles. The average Bonchev–Trinajstić information content (AvgIpc) is 2.95. The molecule has 2 aliphatic heterocycles. The standard InChI is InChI=1S/C17H26N2O/c1-17(2,3)13-5-6-16(12(7-13)11-20)19-10-14-8-15(19)9-18(14)4/h5-7,14-15,20H,8-11H2,1-4H3/t14-,15-/m0/s1. The van der Waals surface area contributed by atoms with Crippen LogP contribution >= 0.6 is 0 Å². The van der Waals surface area contributed by atoms with Crippen LogP contribution in [0.25, 0.3) is 0 Å². The number of hydrogen-bond acceptors (Lipinski definition) is 3. The Hall–Kier alpha value is -1.06. The summed E-state index contributed by atoms with van der Waals surface area (Å²) in [7, 11) is 2.22. The van der Waals surface area contributed by atoms with E-state index in [1.54, 1.807) is 0 Å². The molecule has 2 bridgehead atoms. The normalized spacial score (nSPS) is 26.6. The lowest BCUT2D eigenvalue weighted by molar-refractivity contribution is 0.278. The van der Waals surface area contributed by atoms with Gasteiger partial charge in [-0.25, -0.2) is 0 Å². The monoisotopic (exact) mass is 274 g/mol. The van der Waals surface area contributed by atoms with Crippen LogP contribution in [0.4, 0.5) is 5.69 Å². The fourth-order valence-corrected chi connectivity index (χ4v) is 3.62. The van der Waals surface area contributed by atoms with Crippen LogP contribution in [-0.2, 0) is 12.0 Å². The SMILES string of the molecule is CN1C[C@@H]2C[C@H]1CN2c1ccc(C(C)(C)C)cc1CO. The van der Waals surface area contributed by atoms with Crippen molar-refractivity contribution in [3.63, 3.8) is 0 Å². The molecule has 1 N–H and O–H groups in total. The molecule has 0 spiro atoms. The number of likely N-dealkylation sites (tertiary alicyclic amines) is 1. The number of rotatable bonds is 2. The molecule has 2 aliphatic rings. The summed E-state index contributed by atoms with van der Waals surface area (Å²) >= 11 is 0. The van der Waals surface area contributed by atoms with Gasteiger partial charge in [0.2, 0.25) is 0 Å². The number of likely N-dealkylation sites (N-methyl/N-ethyl adjacent to an activating group) is 1. The van der Waals surface area contributed by atoms with Crippen LogP contribution in [0.5, 0.6) is 0 Å². The largest absolute Gasteiger partial charge is 0.392 e. The number of aliphatic hydroxyl groups excluding tert-OH is 1. The molecule has 110 valence electrons. The van der Waals surface area contributed by atoms with E-state index >= 15 is 0 Å².